The van der Waals surface area contributed by atoms with E-state index in [0.717, 1.165) is 42.1 Å². The molecule has 6 nitrogen and oxygen atoms in total. The van der Waals surface area contributed by atoms with Crippen LogP contribution in [0.2, 0.25) is 0 Å². The van der Waals surface area contributed by atoms with Crippen molar-refractivity contribution in [3.63, 3.8) is 0 Å². The van der Waals surface area contributed by atoms with E-state index in [1.54, 1.807) is 0 Å². The first-order valence-electron chi connectivity index (χ1n) is 9.42. The number of H-pyrrole nitrogens is 1. The number of aromatic nitrogens is 2. The summed E-state index contributed by atoms with van der Waals surface area (Å²) >= 11 is 0. The zero-order valence-electron chi connectivity index (χ0n) is 15.7. The number of aromatic amines is 1. The van der Waals surface area contributed by atoms with Gasteiger partial charge in [0.25, 0.3) is 0 Å². The van der Waals surface area contributed by atoms with Crippen LogP contribution in [-0.4, -0.2) is 54.2 Å². The third kappa shape index (κ3) is 5.59. The Bertz CT molecular complexity index is 693. The highest BCUT2D eigenvalue weighted by Gasteiger charge is 2.20. The summed E-state index contributed by atoms with van der Waals surface area (Å²) in [7, 11) is 2.03. The van der Waals surface area contributed by atoms with Crippen LogP contribution < -0.4 is 5.32 Å². The van der Waals surface area contributed by atoms with Gasteiger partial charge in [-0.3, -0.25) is 4.99 Å². The molecule has 1 saturated carbocycles. The van der Waals surface area contributed by atoms with Gasteiger partial charge in [-0.1, -0.05) is 30.3 Å². The molecule has 2 N–H and O–H groups in total. The first-order chi connectivity index (χ1) is 12.8. The van der Waals surface area contributed by atoms with E-state index >= 15 is 0 Å². The Labute approximate surface area is 155 Å². The normalized spacial score (nSPS) is 14.5. The fourth-order valence-electron chi connectivity index (χ4n) is 2.73. The van der Waals surface area contributed by atoms with Crippen molar-refractivity contribution in [2.45, 2.75) is 26.3 Å². The number of ether oxygens (including phenoxy) is 1. The Morgan fingerprint density at radius 3 is 2.88 bits per heavy atom. The van der Waals surface area contributed by atoms with E-state index in [4.69, 9.17) is 4.74 Å². The summed E-state index contributed by atoms with van der Waals surface area (Å²) in [5.74, 6) is 2.59. The van der Waals surface area contributed by atoms with Gasteiger partial charge < -0.3 is 19.9 Å². The minimum absolute atomic E-state index is 0.668. The zero-order valence-corrected chi connectivity index (χ0v) is 15.7. The molecule has 0 unspecified atom stereocenters. The summed E-state index contributed by atoms with van der Waals surface area (Å²) < 4.78 is 5.66. The van der Waals surface area contributed by atoms with Crippen molar-refractivity contribution in [3.05, 3.63) is 42.4 Å². The van der Waals surface area contributed by atoms with Gasteiger partial charge in [-0.2, -0.15) is 0 Å². The number of hydrogen-bond acceptors (Lipinski definition) is 3. The maximum atomic E-state index is 5.66. The van der Waals surface area contributed by atoms with Gasteiger partial charge in [0.05, 0.1) is 31.6 Å². The number of imidazole rings is 1. The molecule has 0 atom stereocenters. The van der Waals surface area contributed by atoms with Gasteiger partial charge in [-0.05, 0) is 31.2 Å². The van der Waals surface area contributed by atoms with Crippen LogP contribution >= 0.6 is 0 Å². The van der Waals surface area contributed by atoms with Crippen molar-refractivity contribution in [1.82, 2.24) is 20.2 Å². The molecule has 1 aliphatic carbocycles. The van der Waals surface area contributed by atoms with Gasteiger partial charge in [0.2, 0.25) is 0 Å². The average molecular weight is 355 g/mol. The highest BCUT2D eigenvalue weighted by molar-refractivity contribution is 5.79. The lowest BCUT2D eigenvalue weighted by atomic mass is 10.2. The van der Waals surface area contributed by atoms with E-state index in [9.17, 15) is 0 Å². The van der Waals surface area contributed by atoms with Gasteiger partial charge in [0, 0.05) is 20.2 Å². The van der Waals surface area contributed by atoms with Crippen LogP contribution in [0, 0.1) is 5.92 Å². The third-order valence-electron chi connectivity index (χ3n) is 4.34. The fourth-order valence-corrected chi connectivity index (χ4v) is 2.73. The van der Waals surface area contributed by atoms with E-state index in [1.807, 2.05) is 31.4 Å². The topological polar surface area (TPSA) is 65.5 Å². The lowest BCUT2D eigenvalue weighted by Gasteiger charge is -2.21. The number of guanidine groups is 1. The van der Waals surface area contributed by atoms with E-state index in [0.29, 0.717) is 19.7 Å². The van der Waals surface area contributed by atoms with Crippen molar-refractivity contribution in [2.75, 3.05) is 33.4 Å². The Kier molecular flexibility index (Phi) is 6.66. The van der Waals surface area contributed by atoms with Crippen LogP contribution in [0.1, 0.15) is 25.6 Å². The second-order valence-corrected chi connectivity index (χ2v) is 6.72. The molecule has 1 aliphatic rings. The predicted octanol–water partition coefficient (Wildman–Crippen LogP) is 2.90. The minimum Gasteiger partial charge on any atom is -0.379 e. The number of hydrogen-bond donors (Lipinski definition) is 2. The summed E-state index contributed by atoms with van der Waals surface area (Å²) in [6.07, 6.45) is 4.53. The Hall–Kier alpha value is -2.34. The molecule has 1 fully saturated rings. The maximum absolute atomic E-state index is 5.66. The largest absolute Gasteiger partial charge is 0.379 e. The van der Waals surface area contributed by atoms with Gasteiger partial charge in [-0.25, -0.2) is 4.98 Å². The monoisotopic (exact) mass is 355 g/mol. The van der Waals surface area contributed by atoms with Crippen molar-refractivity contribution >= 4 is 5.96 Å². The molecule has 3 rings (SSSR count). The van der Waals surface area contributed by atoms with Crippen molar-refractivity contribution in [3.8, 4) is 11.3 Å². The number of nitrogens with one attached hydrogen (secondary N) is 2. The quantitative estimate of drug-likeness (QED) is 0.412. The third-order valence-corrected chi connectivity index (χ3v) is 4.34. The van der Waals surface area contributed by atoms with Gasteiger partial charge >= 0.3 is 0 Å². The molecular formula is C20H29N5O. The molecular weight excluding hydrogens is 326 g/mol. The Balaban J connectivity index is 1.53. The maximum Gasteiger partial charge on any atom is 0.194 e. The lowest BCUT2D eigenvalue weighted by Crippen LogP contribution is -2.39. The second kappa shape index (κ2) is 9.38. The number of nitrogens with zero attached hydrogens (tertiary/aromatic N) is 3. The molecule has 0 radical (unpaired) electrons. The molecule has 0 amide bonds. The van der Waals surface area contributed by atoms with Crippen LogP contribution in [-0.2, 0) is 11.3 Å². The molecule has 2 aromatic rings. The summed E-state index contributed by atoms with van der Waals surface area (Å²) in [4.78, 5) is 14.6. The fraction of sp³-hybridized carbons (Fsp3) is 0.500. The van der Waals surface area contributed by atoms with E-state index < -0.39 is 0 Å². The lowest BCUT2D eigenvalue weighted by molar-refractivity contribution is 0.131. The van der Waals surface area contributed by atoms with Crippen molar-refractivity contribution in [1.29, 1.82) is 0 Å². The molecule has 0 bridgehead atoms. The van der Waals surface area contributed by atoms with E-state index in [1.165, 1.54) is 12.8 Å². The van der Waals surface area contributed by atoms with E-state index in [-0.39, 0.29) is 0 Å². The Morgan fingerprint density at radius 1 is 1.35 bits per heavy atom. The SMILES string of the molecule is CCNC(=NCCOCC1CC1)N(C)Cc1ncc(-c2ccccc2)[nH]1. The molecule has 0 spiro atoms. The summed E-state index contributed by atoms with van der Waals surface area (Å²) in [5.41, 5.74) is 2.17. The number of rotatable bonds is 9. The predicted molar refractivity (Wildman–Crippen MR) is 105 cm³/mol. The highest BCUT2D eigenvalue weighted by atomic mass is 16.5. The molecule has 0 aliphatic heterocycles. The van der Waals surface area contributed by atoms with Crippen molar-refractivity contribution < 1.29 is 4.74 Å². The van der Waals surface area contributed by atoms with Crippen LogP contribution in [0.4, 0.5) is 0 Å². The van der Waals surface area contributed by atoms with E-state index in [2.05, 4.69) is 44.2 Å². The minimum atomic E-state index is 0.668. The molecule has 1 aromatic carbocycles. The first-order valence-corrected chi connectivity index (χ1v) is 9.42. The van der Waals surface area contributed by atoms with Crippen LogP contribution in [0.5, 0.6) is 0 Å². The number of aliphatic imine (C=N–C) groups is 1. The van der Waals surface area contributed by atoms with Crippen LogP contribution in [0.15, 0.2) is 41.5 Å². The van der Waals surface area contributed by atoms with Crippen molar-refractivity contribution in [2.24, 2.45) is 10.9 Å². The highest BCUT2D eigenvalue weighted by Crippen LogP contribution is 2.28. The summed E-state index contributed by atoms with van der Waals surface area (Å²) in [5, 5.41) is 3.33. The molecule has 1 aromatic heterocycles. The Morgan fingerprint density at radius 2 is 2.15 bits per heavy atom. The second-order valence-electron chi connectivity index (χ2n) is 6.72. The zero-order chi connectivity index (χ0) is 18.2. The molecule has 0 saturated heterocycles. The molecule has 1 heterocycles. The van der Waals surface area contributed by atoms with Gasteiger partial charge in [-0.15, -0.1) is 0 Å². The van der Waals surface area contributed by atoms with Crippen LogP contribution in [0.3, 0.4) is 0 Å². The standard InChI is InChI=1S/C20H29N5O/c1-3-21-20(22-11-12-26-15-16-9-10-16)25(2)14-19-23-13-18(24-19)17-7-5-4-6-8-17/h4-8,13,16H,3,9-12,14-15H2,1-2H3,(H,21,22)(H,23,24). The average Bonchev–Trinajstić information content (AvgIpc) is 3.37. The smallest absolute Gasteiger partial charge is 0.194 e. The molecule has 6 heteroatoms. The summed E-state index contributed by atoms with van der Waals surface area (Å²) in [6.45, 7) is 5.82. The van der Waals surface area contributed by atoms with Gasteiger partial charge in [0.15, 0.2) is 5.96 Å². The first kappa shape index (κ1) is 18.5. The van der Waals surface area contributed by atoms with Gasteiger partial charge in [0.1, 0.15) is 5.82 Å². The molecule has 140 valence electrons. The number of benzene rings is 1. The molecule has 26 heavy (non-hydrogen) atoms. The summed E-state index contributed by atoms with van der Waals surface area (Å²) in [6, 6.07) is 10.2. The van der Waals surface area contributed by atoms with Crippen LogP contribution in [0.25, 0.3) is 11.3 Å².